The van der Waals surface area contributed by atoms with Crippen LogP contribution in [0.1, 0.15) is 19.4 Å². The van der Waals surface area contributed by atoms with Crippen molar-refractivity contribution < 1.29 is 4.42 Å². The third-order valence-corrected chi connectivity index (χ3v) is 3.17. The summed E-state index contributed by atoms with van der Waals surface area (Å²) in [5.41, 5.74) is 6.29. The predicted molar refractivity (Wildman–Crippen MR) is 75.2 cm³/mol. The molecule has 2 N–H and O–H groups in total. The molecule has 0 atom stereocenters. The van der Waals surface area contributed by atoms with Gasteiger partial charge in [-0.3, -0.25) is 0 Å². The molecule has 19 heavy (non-hydrogen) atoms. The maximum atomic E-state index is 11.6. The van der Waals surface area contributed by atoms with Crippen LogP contribution in [0.2, 0.25) is 0 Å². The number of fused-ring (bicyclic) bond motifs is 1. The maximum Gasteiger partial charge on any atom is 0.361 e. The summed E-state index contributed by atoms with van der Waals surface area (Å²) < 4.78 is 5.16. The van der Waals surface area contributed by atoms with Gasteiger partial charge in [0.2, 0.25) is 0 Å². The van der Waals surface area contributed by atoms with Crippen molar-refractivity contribution in [2.24, 2.45) is 0 Å². The number of nitrogen functional groups attached to an aromatic ring is 1. The molecular formula is C14H15N3O2. The Bertz CT molecular complexity index is 709. The Morgan fingerprint density at radius 3 is 2.63 bits per heavy atom. The van der Waals surface area contributed by atoms with Gasteiger partial charge in [-0.25, -0.2) is 4.79 Å². The average Bonchev–Trinajstić information content (AvgIpc) is 2.42. The molecule has 1 aromatic carbocycles. The van der Waals surface area contributed by atoms with Crippen LogP contribution in [0.4, 0.5) is 11.4 Å². The average molecular weight is 257 g/mol. The molecule has 1 heterocycles. The van der Waals surface area contributed by atoms with Crippen LogP contribution in [0.3, 0.4) is 0 Å². The van der Waals surface area contributed by atoms with E-state index < -0.39 is 5.63 Å². The molecule has 0 fully saturated rings. The van der Waals surface area contributed by atoms with Crippen LogP contribution in [0.25, 0.3) is 11.0 Å². The number of hydrogen-bond acceptors (Lipinski definition) is 5. The molecule has 0 aliphatic carbocycles. The highest BCUT2D eigenvalue weighted by atomic mass is 16.4. The molecule has 98 valence electrons. The van der Waals surface area contributed by atoms with Crippen molar-refractivity contribution in [3.63, 3.8) is 0 Å². The first-order chi connectivity index (χ1) is 9.12. The lowest BCUT2D eigenvalue weighted by Gasteiger charge is -2.21. The van der Waals surface area contributed by atoms with Crippen molar-refractivity contribution in [2.75, 3.05) is 23.7 Å². The fourth-order valence-electron chi connectivity index (χ4n) is 2.11. The van der Waals surface area contributed by atoms with Crippen molar-refractivity contribution >= 4 is 22.3 Å². The molecule has 0 aliphatic heterocycles. The smallest absolute Gasteiger partial charge is 0.361 e. The zero-order chi connectivity index (χ0) is 14.0. The number of nitrogens with two attached hydrogens (primary N) is 1. The second kappa shape index (κ2) is 5.02. The Morgan fingerprint density at radius 1 is 1.37 bits per heavy atom. The highest BCUT2D eigenvalue weighted by Crippen LogP contribution is 2.25. The lowest BCUT2D eigenvalue weighted by atomic mass is 10.1. The van der Waals surface area contributed by atoms with Crippen molar-refractivity contribution in [3.8, 4) is 6.07 Å². The predicted octanol–water partition coefficient (Wildman–Crippen LogP) is 2.09. The topological polar surface area (TPSA) is 83.3 Å². The molecule has 1 aromatic heterocycles. The molecule has 5 heteroatoms. The number of benzene rings is 1. The second-order valence-corrected chi connectivity index (χ2v) is 4.14. The van der Waals surface area contributed by atoms with E-state index in [4.69, 9.17) is 15.4 Å². The summed E-state index contributed by atoms with van der Waals surface area (Å²) in [7, 11) is 0. The zero-order valence-electron chi connectivity index (χ0n) is 10.9. The van der Waals surface area contributed by atoms with Gasteiger partial charge >= 0.3 is 5.63 Å². The van der Waals surface area contributed by atoms with Gasteiger partial charge in [0, 0.05) is 30.2 Å². The maximum absolute atomic E-state index is 11.6. The van der Waals surface area contributed by atoms with E-state index in [0.29, 0.717) is 11.0 Å². The van der Waals surface area contributed by atoms with Crippen molar-refractivity contribution in [3.05, 3.63) is 34.2 Å². The minimum atomic E-state index is -0.666. The summed E-state index contributed by atoms with van der Waals surface area (Å²) in [6, 6.07) is 7.39. The zero-order valence-corrected chi connectivity index (χ0v) is 10.9. The van der Waals surface area contributed by atoms with E-state index in [2.05, 4.69) is 4.90 Å². The van der Waals surface area contributed by atoms with Gasteiger partial charge in [0.15, 0.2) is 0 Å². The van der Waals surface area contributed by atoms with E-state index in [1.54, 1.807) is 12.1 Å². The number of nitrogens with zero attached hydrogens (tertiary/aromatic N) is 2. The molecule has 0 unspecified atom stereocenters. The van der Waals surface area contributed by atoms with Gasteiger partial charge in [0.05, 0.1) is 5.56 Å². The lowest BCUT2D eigenvalue weighted by Crippen LogP contribution is -2.21. The molecule has 0 aliphatic rings. The van der Waals surface area contributed by atoms with E-state index in [9.17, 15) is 4.79 Å². The number of hydrogen-bond donors (Lipinski definition) is 1. The third-order valence-electron chi connectivity index (χ3n) is 3.17. The summed E-state index contributed by atoms with van der Waals surface area (Å²) in [4.78, 5) is 13.7. The normalized spacial score (nSPS) is 10.4. The monoisotopic (exact) mass is 257 g/mol. The van der Waals surface area contributed by atoms with E-state index in [0.717, 1.165) is 18.8 Å². The molecule has 0 saturated carbocycles. The molecule has 0 saturated heterocycles. The van der Waals surface area contributed by atoms with E-state index in [1.807, 2.05) is 26.0 Å². The van der Waals surface area contributed by atoms with Gasteiger partial charge in [0.25, 0.3) is 0 Å². The Labute approximate surface area is 110 Å². The van der Waals surface area contributed by atoms with Crippen LogP contribution in [0.5, 0.6) is 0 Å². The van der Waals surface area contributed by atoms with Crippen LogP contribution in [-0.4, -0.2) is 13.1 Å². The van der Waals surface area contributed by atoms with Gasteiger partial charge in [0.1, 0.15) is 17.3 Å². The highest BCUT2D eigenvalue weighted by Gasteiger charge is 2.13. The first kappa shape index (κ1) is 13.0. The summed E-state index contributed by atoms with van der Waals surface area (Å²) in [6.45, 7) is 5.81. The van der Waals surface area contributed by atoms with Gasteiger partial charge < -0.3 is 15.1 Å². The van der Waals surface area contributed by atoms with Gasteiger partial charge in [-0.15, -0.1) is 0 Å². The van der Waals surface area contributed by atoms with Crippen LogP contribution >= 0.6 is 0 Å². The minimum absolute atomic E-state index is 0.134. The Kier molecular flexibility index (Phi) is 3.43. The van der Waals surface area contributed by atoms with Crippen LogP contribution < -0.4 is 16.3 Å². The van der Waals surface area contributed by atoms with Crippen LogP contribution in [0, 0.1) is 11.3 Å². The van der Waals surface area contributed by atoms with Crippen molar-refractivity contribution in [1.29, 1.82) is 5.26 Å². The van der Waals surface area contributed by atoms with Gasteiger partial charge in [-0.1, -0.05) is 0 Å². The molecule has 0 bridgehead atoms. The lowest BCUT2D eigenvalue weighted by molar-refractivity contribution is 0.564. The SMILES string of the molecule is CCN(CC)c1ccc2c(C#N)c(N)c(=O)oc2c1. The molecule has 2 aromatic rings. The molecule has 2 rings (SSSR count). The first-order valence-electron chi connectivity index (χ1n) is 6.13. The Balaban J connectivity index is 2.72. The molecule has 0 amide bonds. The van der Waals surface area contributed by atoms with Gasteiger partial charge in [-0.05, 0) is 26.0 Å². The summed E-state index contributed by atoms with van der Waals surface area (Å²) in [6.07, 6.45) is 0. The highest BCUT2D eigenvalue weighted by molar-refractivity contribution is 5.89. The van der Waals surface area contributed by atoms with E-state index in [1.165, 1.54) is 0 Å². The van der Waals surface area contributed by atoms with E-state index >= 15 is 0 Å². The standard InChI is InChI=1S/C14H15N3O2/c1-3-17(4-2)9-5-6-10-11(8-15)13(16)14(18)19-12(10)7-9/h5-7H,3-4,16H2,1-2H3. The third kappa shape index (κ3) is 2.13. The van der Waals surface area contributed by atoms with Gasteiger partial charge in [-0.2, -0.15) is 5.26 Å². The summed E-state index contributed by atoms with van der Waals surface area (Å²) >= 11 is 0. The molecular weight excluding hydrogens is 242 g/mol. The minimum Gasteiger partial charge on any atom is -0.421 e. The number of nitriles is 1. The first-order valence-corrected chi connectivity index (χ1v) is 6.13. The molecule has 0 radical (unpaired) electrons. The molecule has 0 spiro atoms. The van der Waals surface area contributed by atoms with E-state index in [-0.39, 0.29) is 11.3 Å². The number of rotatable bonds is 3. The van der Waals surface area contributed by atoms with Crippen molar-refractivity contribution in [1.82, 2.24) is 0 Å². The fraction of sp³-hybridized carbons (Fsp3) is 0.286. The van der Waals surface area contributed by atoms with Crippen LogP contribution in [0.15, 0.2) is 27.4 Å². The second-order valence-electron chi connectivity index (χ2n) is 4.14. The summed E-state index contributed by atoms with van der Waals surface area (Å²) in [5, 5.41) is 9.66. The Morgan fingerprint density at radius 2 is 2.05 bits per heavy atom. The summed E-state index contributed by atoms with van der Waals surface area (Å²) in [5.74, 6) is 0. The number of anilines is 2. The quantitative estimate of drug-likeness (QED) is 0.851. The fourth-order valence-corrected chi connectivity index (χ4v) is 2.11. The van der Waals surface area contributed by atoms with Crippen LogP contribution in [-0.2, 0) is 0 Å². The molecule has 5 nitrogen and oxygen atoms in total. The van der Waals surface area contributed by atoms with Crippen molar-refractivity contribution in [2.45, 2.75) is 13.8 Å². The largest absolute Gasteiger partial charge is 0.421 e. The Hall–Kier alpha value is -2.48.